The Morgan fingerprint density at radius 1 is 1.17 bits per heavy atom. The number of H-pyrrole nitrogens is 1. The van der Waals surface area contributed by atoms with Crippen molar-refractivity contribution in [1.29, 1.82) is 5.26 Å². The van der Waals surface area contributed by atoms with Crippen LogP contribution in [-0.4, -0.2) is 33.4 Å². The molecule has 0 saturated heterocycles. The summed E-state index contributed by atoms with van der Waals surface area (Å²) in [6.07, 6.45) is 8.34. The molecule has 0 fully saturated rings. The van der Waals surface area contributed by atoms with E-state index in [0.29, 0.717) is 28.4 Å². The molecule has 3 rings (SSSR count). The second-order valence-corrected chi connectivity index (χ2v) is 4.47. The summed E-state index contributed by atoms with van der Waals surface area (Å²) in [7, 11) is 0. The van der Waals surface area contributed by atoms with Crippen LogP contribution in [-0.2, 0) is 0 Å². The zero-order valence-corrected chi connectivity index (χ0v) is 12.0. The van der Waals surface area contributed by atoms with Crippen molar-refractivity contribution in [2.75, 3.05) is 13.2 Å². The Labute approximate surface area is 131 Å². The van der Waals surface area contributed by atoms with Gasteiger partial charge in [-0.3, -0.25) is 0 Å². The Morgan fingerprint density at radius 2 is 2.04 bits per heavy atom. The summed E-state index contributed by atoms with van der Waals surface area (Å²) in [6.45, 7) is 0.0634. The van der Waals surface area contributed by atoms with Crippen molar-refractivity contribution in [3.8, 4) is 41.3 Å². The number of hydrogen-bond donors (Lipinski definition) is 1. The third kappa shape index (κ3) is 3.04. The monoisotopic (exact) mass is 305 g/mol. The standard InChI is InChI=1S/C16H11N5O2/c1-2-6-22-11-3-4-12(15(8-11)23-7-5-17)16-20-13-9-18-19-10-14(13)21-16/h1,3-4,8-10H,6-7H2,(H,20,21). The molecule has 23 heavy (non-hydrogen) atoms. The molecule has 7 heteroatoms. The van der Waals surface area contributed by atoms with Gasteiger partial charge < -0.3 is 14.5 Å². The third-order valence-electron chi connectivity index (χ3n) is 3.02. The van der Waals surface area contributed by atoms with E-state index in [1.54, 1.807) is 30.6 Å². The average molecular weight is 305 g/mol. The highest BCUT2D eigenvalue weighted by molar-refractivity contribution is 5.79. The van der Waals surface area contributed by atoms with E-state index in [1.807, 2.05) is 6.07 Å². The number of nitrogens with one attached hydrogen (secondary N) is 1. The van der Waals surface area contributed by atoms with E-state index in [9.17, 15) is 0 Å². The van der Waals surface area contributed by atoms with Gasteiger partial charge in [-0.05, 0) is 12.1 Å². The molecule has 0 aliphatic carbocycles. The Morgan fingerprint density at radius 3 is 2.83 bits per heavy atom. The molecule has 112 valence electrons. The molecule has 0 atom stereocenters. The summed E-state index contributed by atoms with van der Waals surface area (Å²) in [5.41, 5.74) is 2.15. The van der Waals surface area contributed by atoms with Gasteiger partial charge >= 0.3 is 0 Å². The van der Waals surface area contributed by atoms with E-state index in [2.05, 4.69) is 26.1 Å². The van der Waals surface area contributed by atoms with Gasteiger partial charge in [-0.15, -0.1) is 6.42 Å². The van der Waals surface area contributed by atoms with Gasteiger partial charge in [0, 0.05) is 6.07 Å². The normalized spacial score (nSPS) is 10.0. The average Bonchev–Trinajstić information content (AvgIpc) is 3.02. The number of nitriles is 1. The summed E-state index contributed by atoms with van der Waals surface area (Å²) < 4.78 is 10.8. The number of benzene rings is 1. The molecular formula is C16H11N5O2. The summed E-state index contributed by atoms with van der Waals surface area (Å²) in [5, 5.41) is 16.3. The molecule has 1 aromatic carbocycles. The minimum Gasteiger partial charge on any atom is -0.481 e. The lowest BCUT2D eigenvalue weighted by molar-refractivity contribution is 0.351. The number of fused-ring (bicyclic) bond motifs is 1. The van der Waals surface area contributed by atoms with Gasteiger partial charge in [0.25, 0.3) is 0 Å². The van der Waals surface area contributed by atoms with Crippen molar-refractivity contribution in [3.05, 3.63) is 30.6 Å². The molecule has 2 aromatic heterocycles. The second-order valence-electron chi connectivity index (χ2n) is 4.47. The summed E-state index contributed by atoms with van der Waals surface area (Å²) in [6, 6.07) is 7.16. The maximum absolute atomic E-state index is 8.74. The van der Waals surface area contributed by atoms with Crippen LogP contribution in [0.4, 0.5) is 0 Å². The lowest BCUT2D eigenvalue weighted by atomic mass is 10.2. The first-order valence-corrected chi connectivity index (χ1v) is 6.68. The van der Waals surface area contributed by atoms with E-state index < -0.39 is 0 Å². The fourth-order valence-electron chi connectivity index (χ4n) is 2.05. The van der Waals surface area contributed by atoms with Gasteiger partial charge in [-0.25, -0.2) is 4.98 Å². The zero-order chi connectivity index (χ0) is 16.1. The number of nitrogens with zero attached hydrogens (tertiary/aromatic N) is 4. The van der Waals surface area contributed by atoms with Crippen molar-refractivity contribution in [2.45, 2.75) is 0 Å². The van der Waals surface area contributed by atoms with Crippen LogP contribution in [0.15, 0.2) is 30.6 Å². The molecule has 0 spiro atoms. The predicted molar refractivity (Wildman–Crippen MR) is 82.6 cm³/mol. The van der Waals surface area contributed by atoms with Crippen molar-refractivity contribution in [3.63, 3.8) is 0 Å². The topological polar surface area (TPSA) is 96.7 Å². The molecule has 0 bridgehead atoms. The first-order chi connectivity index (χ1) is 11.3. The quantitative estimate of drug-likeness (QED) is 0.723. The van der Waals surface area contributed by atoms with E-state index in [0.717, 1.165) is 5.52 Å². The zero-order valence-electron chi connectivity index (χ0n) is 12.0. The van der Waals surface area contributed by atoms with Crippen LogP contribution >= 0.6 is 0 Å². The third-order valence-corrected chi connectivity index (χ3v) is 3.02. The summed E-state index contributed by atoms with van der Waals surface area (Å²) >= 11 is 0. The largest absolute Gasteiger partial charge is 0.481 e. The summed E-state index contributed by atoms with van der Waals surface area (Å²) in [4.78, 5) is 7.59. The molecule has 1 N–H and O–H groups in total. The van der Waals surface area contributed by atoms with Gasteiger partial charge in [-0.2, -0.15) is 15.5 Å². The predicted octanol–water partition coefficient (Wildman–Crippen LogP) is 1.93. The van der Waals surface area contributed by atoms with Crippen molar-refractivity contribution >= 4 is 11.0 Å². The maximum Gasteiger partial charge on any atom is 0.174 e. The number of ether oxygens (including phenoxy) is 2. The van der Waals surface area contributed by atoms with Crippen LogP contribution in [0.5, 0.6) is 11.5 Å². The lowest BCUT2D eigenvalue weighted by Gasteiger charge is -2.10. The van der Waals surface area contributed by atoms with E-state index in [4.69, 9.17) is 21.2 Å². The minimum atomic E-state index is -0.0884. The second kappa shape index (κ2) is 6.46. The Hall–Kier alpha value is -3.58. The summed E-state index contributed by atoms with van der Waals surface area (Å²) in [5.74, 6) is 4.01. The Bertz CT molecular complexity index is 887. The molecular weight excluding hydrogens is 294 g/mol. The van der Waals surface area contributed by atoms with Gasteiger partial charge in [0.15, 0.2) is 6.61 Å². The molecule has 3 aromatic rings. The fourth-order valence-corrected chi connectivity index (χ4v) is 2.05. The number of imidazole rings is 1. The highest BCUT2D eigenvalue weighted by Gasteiger charge is 2.13. The SMILES string of the molecule is C#CCOc1ccc(-c2nc3cnncc3[nH]2)c(OCC#N)c1. The van der Waals surface area contributed by atoms with Crippen molar-refractivity contribution < 1.29 is 9.47 Å². The molecule has 0 radical (unpaired) electrons. The number of hydrogen-bond acceptors (Lipinski definition) is 6. The minimum absolute atomic E-state index is 0.0884. The number of aromatic amines is 1. The highest BCUT2D eigenvalue weighted by atomic mass is 16.5. The molecule has 0 aliphatic rings. The van der Waals surface area contributed by atoms with E-state index in [-0.39, 0.29) is 13.2 Å². The number of aromatic nitrogens is 4. The molecule has 2 heterocycles. The van der Waals surface area contributed by atoms with Gasteiger partial charge in [0.1, 0.15) is 35.5 Å². The molecule has 0 amide bonds. The van der Waals surface area contributed by atoms with E-state index in [1.165, 1.54) is 0 Å². The van der Waals surface area contributed by atoms with Crippen LogP contribution in [0, 0.1) is 23.7 Å². The number of terminal acetylenes is 1. The molecule has 7 nitrogen and oxygen atoms in total. The first kappa shape index (κ1) is 14.4. The van der Waals surface area contributed by atoms with Crippen LogP contribution in [0.1, 0.15) is 0 Å². The number of rotatable bonds is 5. The molecule has 0 unspecified atom stereocenters. The van der Waals surface area contributed by atoms with Gasteiger partial charge in [-0.1, -0.05) is 5.92 Å². The van der Waals surface area contributed by atoms with Gasteiger partial charge in [0.2, 0.25) is 0 Å². The molecule has 0 saturated carbocycles. The highest BCUT2D eigenvalue weighted by Crippen LogP contribution is 2.32. The van der Waals surface area contributed by atoms with Gasteiger partial charge in [0.05, 0.1) is 23.5 Å². The Balaban J connectivity index is 2.02. The van der Waals surface area contributed by atoms with Crippen LogP contribution < -0.4 is 9.47 Å². The van der Waals surface area contributed by atoms with Crippen LogP contribution in [0.2, 0.25) is 0 Å². The van der Waals surface area contributed by atoms with Crippen molar-refractivity contribution in [1.82, 2.24) is 20.2 Å². The smallest absolute Gasteiger partial charge is 0.174 e. The van der Waals surface area contributed by atoms with Crippen molar-refractivity contribution in [2.24, 2.45) is 0 Å². The lowest BCUT2D eigenvalue weighted by Crippen LogP contribution is -1.99. The fraction of sp³-hybridized carbons (Fsp3) is 0.125. The first-order valence-electron chi connectivity index (χ1n) is 6.68. The van der Waals surface area contributed by atoms with Crippen LogP contribution in [0.25, 0.3) is 22.4 Å². The molecule has 0 aliphatic heterocycles. The maximum atomic E-state index is 8.74. The van der Waals surface area contributed by atoms with E-state index >= 15 is 0 Å². The van der Waals surface area contributed by atoms with Crippen LogP contribution in [0.3, 0.4) is 0 Å². The Kier molecular flexibility index (Phi) is 4.03.